The van der Waals surface area contributed by atoms with Crippen LogP contribution in [0.5, 0.6) is 0 Å². The van der Waals surface area contributed by atoms with E-state index in [1.165, 1.54) is 32.1 Å². The molecule has 0 saturated heterocycles. The first-order valence-corrected chi connectivity index (χ1v) is 6.38. The Balaban J connectivity index is 2.27. The maximum absolute atomic E-state index is 11.8. The van der Waals surface area contributed by atoms with Gasteiger partial charge in [0.25, 0.3) is 0 Å². The SMILES string of the molecule is CC(C)CC(N)C(=O)CC1CCCCC1. The Morgan fingerprint density at radius 2 is 1.87 bits per heavy atom. The second kappa shape index (κ2) is 6.26. The van der Waals surface area contributed by atoms with Crippen molar-refractivity contribution < 1.29 is 4.79 Å². The number of ketones is 1. The van der Waals surface area contributed by atoms with Crippen LogP contribution in [0.15, 0.2) is 0 Å². The lowest BCUT2D eigenvalue weighted by molar-refractivity contribution is -0.121. The predicted octanol–water partition coefficient (Wildman–Crippen LogP) is 2.90. The van der Waals surface area contributed by atoms with E-state index in [9.17, 15) is 4.79 Å². The van der Waals surface area contributed by atoms with Gasteiger partial charge in [-0.3, -0.25) is 4.79 Å². The van der Waals surface area contributed by atoms with Crippen LogP contribution in [0.1, 0.15) is 58.8 Å². The molecule has 2 nitrogen and oxygen atoms in total. The Kier molecular flexibility index (Phi) is 5.30. The number of hydrogen-bond acceptors (Lipinski definition) is 2. The summed E-state index contributed by atoms with van der Waals surface area (Å²) in [4.78, 5) is 11.8. The molecule has 0 radical (unpaired) electrons. The van der Waals surface area contributed by atoms with Gasteiger partial charge < -0.3 is 5.73 Å². The van der Waals surface area contributed by atoms with Crippen molar-refractivity contribution in [3.05, 3.63) is 0 Å². The molecule has 88 valence electrons. The van der Waals surface area contributed by atoms with Crippen LogP contribution in [0.4, 0.5) is 0 Å². The molecule has 0 aromatic carbocycles. The average molecular weight is 211 g/mol. The summed E-state index contributed by atoms with van der Waals surface area (Å²) < 4.78 is 0. The topological polar surface area (TPSA) is 43.1 Å². The summed E-state index contributed by atoms with van der Waals surface area (Å²) in [6.45, 7) is 4.24. The van der Waals surface area contributed by atoms with E-state index in [0.717, 1.165) is 12.8 Å². The Bertz CT molecular complexity index is 195. The van der Waals surface area contributed by atoms with Crippen molar-refractivity contribution in [2.24, 2.45) is 17.6 Å². The summed E-state index contributed by atoms with van der Waals surface area (Å²) in [6, 6.07) is -0.216. The molecule has 2 N–H and O–H groups in total. The van der Waals surface area contributed by atoms with Crippen LogP contribution in [-0.2, 0) is 4.79 Å². The second-order valence-corrected chi connectivity index (χ2v) is 5.41. The second-order valence-electron chi connectivity index (χ2n) is 5.41. The Morgan fingerprint density at radius 1 is 1.27 bits per heavy atom. The fourth-order valence-corrected chi connectivity index (χ4v) is 2.47. The van der Waals surface area contributed by atoms with Crippen molar-refractivity contribution in [1.29, 1.82) is 0 Å². The van der Waals surface area contributed by atoms with E-state index in [2.05, 4.69) is 13.8 Å². The van der Waals surface area contributed by atoms with Crippen LogP contribution < -0.4 is 5.73 Å². The van der Waals surface area contributed by atoms with E-state index in [1.807, 2.05) is 0 Å². The molecule has 1 aliphatic carbocycles. The molecule has 0 spiro atoms. The van der Waals surface area contributed by atoms with Gasteiger partial charge in [0.15, 0.2) is 0 Å². The number of nitrogens with two attached hydrogens (primary N) is 1. The van der Waals surface area contributed by atoms with Gasteiger partial charge >= 0.3 is 0 Å². The highest BCUT2D eigenvalue weighted by atomic mass is 16.1. The van der Waals surface area contributed by atoms with Gasteiger partial charge in [-0.1, -0.05) is 46.0 Å². The molecule has 1 fully saturated rings. The van der Waals surface area contributed by atoms with Crippen molar-refractivity contribution in [1.82, 2.24) is 0 Å². The van der Waals surface area contributed by atoms with Gasteiger partial charge in [0, 0.05) is 6.42 Å². The van der Waals surface area contributed by atoms with Crippen LogP contribution in [-0.4, -0.2) is 11.8 Å². The fraction of sp³-hybridized carbons (Fsp3) is 0.923. The van der Waals surface area contributed by atoms with E-state index < -0.39 is 0 Å². The molecule has 0 bridgehead atoms. The van der Waals surface area contributed by atoms with Gasteiger partial charge in [-0.25, -0.2) is 0 Å². The molecule has 1 rings (SSSR count). The minimum absolute atomic E-state index is 0.216. The lowest BCUT2D eigenvalue weighted by Crippen LogP contribution is -2.33. The average Bonchev–Trinajstić information content (AvgIpc) is 2.18. The molecular weight excluding hydrogens is 186 g/mol. The van der Waals surface area contributed by atoms with E-state index in [-0.39, 0.29) is 11.8 Å². The Morgan fingerprint density at radius 3 is 2.40 bits per heavy atom. The largest absolute Gasteiger partial charge is 0.322 e. The third-order valence-electron chi connectivity index (χ3n) is 3.35. The van der Waals surface area contributed by atoms with Crippen LogP contribution >= 0.6 is 0 Å². The Hall–Kier alpha value is -0.370. The van der Waals surface area contributed by atoms with Crippen molar-refractivity contribution in [3.63, 3.8) is 0 Å². The lowest BCUT2D eigenvalue weighted by atomic mass is 9.84. The third-order valence-corrected chi connectivity index (χ3v) is 3.35. The maximum atomic E-state index is 11.8. The van der Waals surface area contributed by atoms with Crippen LogP contribution in [0, 0.1) is 11.8 Å². The molecular formula is C13H25NO. The molecule has 0 aliphatic heterocycles. The lowest BCUT2D eigenvalue weighted by Gasteiger charge is -2.22. The first-order chi connectivity index (χ1) is 7.09. The zero-order valence-electron chi connectivity index (χ0n) is 10.2. The predicted molar refractivity (Wildman–Crippen MR) is 63.6 cm³/mol. The maximum Gasteiger partial charge on any atom is 0.149 e. The fourth-order valence-electron chi connectivity index (χ4n) is 2.47. The van der Waals surface area contributed by atoms with E-state index in [0.29, 0.717) is 11.8 Å². The number of carbonyl (C=O) groups is 1. The molecule has 1 aliphatic rings. The number of rotatable bonds is 5. The van der Waals surface area contributed by atoms with Gasteiger partial charge in [0.05, 0.1) is 6.04 Å². The molecule has 1 saturated carbocycles. The summed E-state index contributed by atoms with van der Waals surface area (Å²) >= 11 is 0. The standard InChI is InChI=1S/C13H25NO/c1-10(2)8-12(14)13(15)9-11-6-4-3-5-7-11/h10-12H,3-9,14H2,1-2H3. The first kappa shape index (κ1) is 12.7. The van der Waals surface area contributed by atoms with Crippen molar-refractivity contribution >= 4 is 5.78 Å². The molecule has 1 atom stereocenters. The molecule has 1 unspecified atom stereocenters. The Labute approximate surface area is 93.6 Å². The van der Waals surface area contributed by atoms with Crippen molar-refractivity contribution in [3.8, 4) is 0 Å². The van der Waals surface area contributed by atoms with E-state index in [4.69, 9.17) is 5.73 Å². The molecule has 0 aromatic rings. The number of Topliss-reactive ketones (excluding diaryl/α,β-unsaturated/α-hetero) is 1. The molecule has 0 heterocycles. The highest BCUT2D eigenvalue weighted by molar-refractivity contribution is 5.83. The summed E-state index contributed by atoms with van der Waals surface area (Å²) in [7, 11) is 0. The molecule has 2 heteroatoms. The van der Waals surface area contributed by atoms with Gasteiger partial charge in [-0.2, -0.15) is 0 Å². The quantitative estimate of drug-likeness (QED) is 0.760. The van der Waals surface area contributed by atoms with Gasteiger partial charge in [0.2, 0.25) is 0 Å². The minimum Gasteiger partial charge on any atom is -0.322 e. The highest BCUT2D eigenvalue weighted by Crippen LogP contribution is 2.27. The normalized spacial score (nSPS) is 20.5. The minimum atomic E-state index is -0.216. The van der Waals surface area contributed by atoms with Gasteiger partial charge in [-0.05, 0) is 18.3 Å². The van der Waals surface area contributed by atoms with Gasteiger partial charge in [0.1, 0.15) is 5.78 Å². The number of hydrogen-bond donors (Lipinski definition) is 1. The van der Waals surface area contributed by atoms with E-state index >= 15 is 0 Å². The summed E-state index contributed by atoms with van der Waals surface area (Å²) in [5.74, 6) is 1.44. The first-order valence-electron chi connectivity index (χ1n) is 6.38. The summed E-state index contributed by atoms with van der Waals surface area (Å²) in [5, 5.41) is 0. The monoisotopic (exact) mass is 211 g/mol. The van der Waals surface area contributed by atoms with Crippen molar-refractivity contribution in [2.45, 2.75) is 64.8 Å². The van der Waals surface area contributed by atoms with Crippen molar-refractivity contribution in [2.75, 3.05) is 0 Å². The third kappa shape index (κ3) is 4.78. The number of carbonyl (C=O) groups excluding carboxylic acids is 1. The molecule has 0 amide bonds. The zero-order chi connectivity index (χ0) is 11.3. The smallest absolute Gasteiger partial charge is 0.149 e. The van der Waals surface area contributed by atoms with E-state index in [1.54, 1.807) is 0 Å². The highest BCUT2D eigenvalue weighted by Gasteiger charge is 2.21. The summed E-state index contributed by atoms with van der Waals surface area (Å²) in [6.07, 6.45) is 8.00. The van der Waals surface area contributed by atoms with Crippen LogP contribution in [0.2, 0.25) is 0 Å². The van der Waals surface area contributed by atoms with Crippen LogP contribution in [0.25, 0.3) is 0 Å². The van der Waals surface area contributed by atoms with Gasteiger partial charge in [-0.15, -0.1) is 0 Å². The molecule has 15 heavy (non-hydrogen) atoms. The summed E-state index contributed by atoms with van der Waals surface area (Å²) in [5.41, 5.74) is 5.89. The molecule has 0 aromatic heterocycles. The zero-order valence-corrected chi connectivity index (χ0v) is 10.2. The van der Waals surface area contributed by atoms with Crippen LogP contribution in [0.3, 0.4) is 0 Å².